The number of hydrogen-bond donors (Lipinski definition) is 2. The molecule has 0 saturated carbocycles. The predicted molar refractivity (Wildman–Crippen MR) is 63.8 cm³/mol. The molecule has 0 saturated heterocycles. The van der Waals surface area contributed by atoms with Crippen LogP contribution in [-0.4, -0.2) is 24.3 Å². The summed E-state index contributed by atoms with van der Waals surface area (Å²) in [6, 6.07) is 0. The van der Waals surface area contributed by atoms with Crippen molar-refractivity contribution in [2.45, 2.75) is 25.7 Å². The highest BCUT2D eigenvalue weighted by atomic mass is 127. The van der Waals surface area contributed by atoms with Crippen LogP contribution in [0.4, 0.5) is 0 Å². The third-order valence-corrected chi connectivity index (χ3v) is 2.80. The zero-order valence-electron chi connectivity index (χ0n) is 7.21. The molecule has 3 nitrogen and oxygen atoms in total. The van der Waals surface area contributed by atoms with Gasteiger partial charge in [0.25, 0.3) is 0 Å². The summed E-state index contributed by atoms with van der Waals surface area (Å²) in [5.74, 6) is 0. The van der Waals surface area contributed by atoms with Gasteiger partial charge in [-0.3, -0.25) is 0 Å². The molecule has 0 aliphatic carbocycles. The maximum absolute atomic E-state index is 9.16. The van der Waals surface area contributed by atoms with Crippen LogP contribution >= 0.6 is 27.0 Å². The molecule has 0 fully saturated rings. The third-order valence-electron chi connectivity index (χ3n) is 1.39. The Kier molecular flexibility index (Phi) is 7.88. The fourth-order valence-electron chi connectivity index (χ4n) is 0.804. The highest BCUT2D eigenvalue weighted by molar-refractivity contribution is 14.2. The van der Waals surface area contributed by atoms with Crippen LogP contribution in [0.1, 0.15) is 25.7 Å². The highest BCUT2D eigenvalue weighted by Gasteiger charge is 2.02. The van der Waals surface area contributed by atoms with Gasteiger partial charge < -0.3 is 15.2 Å². The first-order chi connectivity index (χ1) is 5.56. The quantitative estimate of drug-likeness (QED) is 0.430. The van der Waals surface area contributed by atoms with Crippen LogP contribution in [0.2, 0.25) is 0 Å². The van der Waals surface area contributed by atoms with Crippen molar-refractivity contribution in [3.8, 4) is 0 Å². The van der Waals surface area contributed by atoms with Crippen LogP contribution in [0.5, 0.6) is 0 Å². The van der Waals surface area contributed by atoms with Crippen LogP contribution in [0.25, 0.3) is 0 Å². The first kappa shape index (κ1) is 12.9. The lowest BCUT2D eigenvalue weighted by atomic mass is 10.2. The number of hydrogen-bond acceptors (Lipinski definition) is 3. The molecule has 0 spiro atoms. The van der Waals surface area contributed by atoms with Gasteiger partial charge in [0.1, 0.15) is 0 Å². The fraction of sp³-hybridized carbons (Fsp3) is 0.857. The molecule has 1 atom stereocenters. The van der Waals surface area contributed by atoms with Gasteiger partial charge in [-0.05, 0) is 25.7 Å². The van der Waals surface area contributed by atoms with E-state index in [-0.39, 0.29) is 0 Å². The Morgan fingerprint density at radius 2 is 1.92 bits per heavy atom. The number of unbranched alkanes of at least 4 members (excludes halogenated alkanes) is 3. The van der Waals surface area contributed by atoms with Gasteiger partial charge in [0.15, 0.2) is 4.98 Å². The van der Waals surface area contributed by atoms with Gasteiger partial charge in [0.05, 0.1) is 6.61 Å². The van der Waals surface area contributed by atoms with Crippen molar-refractivity contribution >= 4 is 33.3 Å². The Morgan fingerprint density at radius 3 is 2.42 bits per heavy atom. The molecule has 0 bridgehead atoms. The van der Waals surface area contributed by atoms with E-state index in [2.05, 4.69) is 6.30 Å². The van der Waals surface area contributed by atoms with E-state index in [4.69, 9.17) is 15.2 Å². The Morgan fingerprint density at radius 1 is 1.33 bits per heavy atom. The van der Waals surface area contributed by atoms with E-state index < -0.39 is 4.98 Å². The summed E-state index contributed by atoms with van der Waals surface area (Å²) in [5, 5.41) is 0. The van der Waals surface area contributed by atoms with E-state index >= 15 is 0 Å². The molecular formula is C7H17INO2P. The largest absolute Gasteiger partial charge is 0.346 e. The number of nitrogens with two attached hydrogens (primary N) is 1. The average Bonchev–Trinajstić information content (AvgIpc) is 1.94. The second-order valence-corrected chi connectivity index (χ2v) is 8.67. The van der Waals surface area contributed by atoms with E-state index in [0.717, 1.165) is 32.2 Å². The molecule has 74 valence electrons. The van der Waals surface area contributed by atoms with Gasteiger partial charge in [0, 0.05) is 22.0 Å². The Balaban J connectivity index is 3.06. The third kappa shape index (κ3) is 10.9. The number of rotatable bonds is 7. The Labute approximate surface area is 87.3 Å². The fourth-order valence-corrected chi connectivity index (χ4v) is 1.80. The minimum atomic E-state index is -2.28. The molecule has 0 amide bonds. The Hall–Kier alpha value is 0.910. The molecule has 0 heterocycles. The van der Waals surface area contributed by atoms with Crippen molar-refractivity contribution in [3.63, 3.8) is 0 Å². The topological polar surface area (TPSA) is 55.5 Å². The van der Waals surface area contributed by atoms with Gasteiger partial charge in [-0.25, -0.2) is 0 Å². The lowest BCUT2D eigenvalue weighted by molar-refractivity contribution is 0.309. The van der Waals surface area contributed by atoms with E-state index in [1.807, 2.05) is 22.0 Å². The summed E-state index contributed by atoms with van der Waals surface area (Å²) >= 11 is 1.86. The minimum absolute atomic E-state index is 0.612. The summed E-state index contributed by atoms with van der Waals surface area (Å²) in [7, 11) is 0. The standard InChI is InChI=1S/C7H17INO2P/c1-12(8,10)11-7-5-3-2-4-6-9/h10H,1-7,9H2. The molecule has 12 heavy (non-hydrogen) atoms. The molecule has 0 rings (SSSR count). The monoisotopic (exact) mass is 305 g/mol. The second-order valence-electron chi connectivity index (χ2n) is 2.65. The highest BCUT2D eigenvalue weighted by Crippen LogP contribution is 2.50. The molecular weight excluding hydrogens is 288 g/mol. The van der Waals surface area contributed by atoms with E-state index in [1.54, 1.807) is 0 Å². The molecule has 3 N–H and O–H groups in total. The summed E-state index contributed by atoms with van der Waals surface area (Å²) in [5.41, 5.74) is 5.34. The van der Waals surface area contributed by atoms with E-state index in [9.17, 15) is 0 Å². The smallest absolute Gasteiger partial charge is 0.174 e. The summed E-state index contributed by atoms with van der Waals surface area (Å²) < 4.78 is 5.12. The molecule has 0 radical (unpaired) electrons. The summed E-state index contributed by atoms with van der Waals surface area (Å²) in [4.78, 5) is 6.89. The molecule has 0 aliphatic rings. The SMILES string of the molecule is C=P(O)(I)OCCCCCCN. The zero-order valence-corrected chi connectivity index (χ0v) is 10.3. The van der Waals surface area contributed by atoms with Crippen LogP contribution < -0.4 is 5.73 Å². The maximum Gasteiger partial charge on any atom is 0.174 e. The van der Waals surface area contributed by atoms with Gasteiger partial charge in [0.2, 0.25) is 0 Å². The molecule has 1 unspecified atom stereocenters. The maximum atomic E-state index is 9.16. The van der Waals surface area contributed by atoms with Crippen molar-refractivity contribution < 1.29 is 9.42 Å². The van der Waals surface area contributed by atoms with Gasteiger partial charge in [-0.15, -0.1) is 0 Å². The summed E-state index contributed by atoms with van der Waals surface area (Å²) in [6.07, 6.45) is 7.85. The van der Waals surface area contributed by atoms with Gasteiger partial charge in [-0.2, -0.15) is 0 Å². The molecule has 0 aromatic carbocycles. The van der Waals surface area contributed by atoms with E-state index in [0.29, 0.717) is 6.61 Å². The average molecular weight is 305 g/mol. The lowest BCUT2D eigenvalue weighted by Crippen LogP contribution is -1.98. The zero-order chi connectivity index (χ0) is 9.45. The van der Waals surface area contributed by atoms with E-state index in [1.165, 1.54) is 0 Å². The normalized spacial score (nSPS) is 15.9. The number of halogens is 1. The molecule has 0 aromatic rings. The first-order valence-electron chi connectivity index (χ1n) is 4.06. The van der Waals surface area contributed by atoms with Crippen molar-refractivity contribution in [2.75, 3.05) is 13.2 Å². The molecule has 5 heteroatoms. The van der Waals surface area contributed by atoms with Crippen molar-refractivity contribution in [1.29, 1.82) is 0 Å². The molecule has 0 aromatic heterocycles. The van der Waals surface area contributed by atoms with Crippen LogP contribution in [0.15, 0.2) is 0 Å². The van der Waals surface area contributed by atoms with Gasteiger partial charge >= 0.3 is 0 Å². The van der Waals surface area contributed by atoms with Crippen LogP contribution in [0, 0.1) is 0 Å². The Bertz CT molecular complexity index is 148. The van der Waals surface area contributed by atoms with Gasteiger partial charge in [-0.1, -0.05) is 12.8 Å². The van der Waals surface area contributed by atoms with Crippen molar-refractivity contribution in [2.24, 2.45) is 5.73 Å². The first-order valence-corrected chi connectivity index (χ1v) is 8.70. The summed E-state index contributed by atoms with van der Waals surface area (Å²) in [6.45, 7) is 1.38. The minimum Gasteiger partial charge on any atom is -0.346 e. The van der Waals surface area contributed by atoms with Crippen LogP contribution in [0.3, 0.4) is 0 Å². The second kappa shape index (κ2) is 7.33. The predicted octanol–water partition coefficient (Wildman–Crippen LogP) is 2.14. The van der Waals surface area contributed by atoms with Crippen molar-refractivity contribution in [1.82, 2.24) is 0 Å². The van der Waals surface area contributed by atoms with Crippen molar-refractivity contribution in [3.05, 3.63) is 0 Å². The lowest BCUT2D eigenvalue weighted by Gasteiger charge is -2.09. The van der Waals surface area contributed by atoms with Crippen LogP contribution in [-0.2, 0) is 4.52 Å². The molecule has 0 aliphatic heterocycles.